The second-order valence-electron chi connectivity index (χ2n) is 4.23. The first-order valence-electron chi connectivity index (χ1n) is 5.71. The minimum Gasteiger partial charge on any atom is -0.496 e. The third kappa shape index (κ3) is 3.87. The first-order chi connectivity index (χ1) is 8.10. The van der Waals surface area contributed by atoms with Crippen molar-refractivity contribution in [2.45, 2.75) is 18.9 Å². The molecule has 3 nitrogen and oxygen atoms in total. The summed E-state index contributed by atoms with van der Waals surface area (Å²) in [6.45, 7) is 0.202. The van der Waals surface area contributed by atoms with Gasteiger partial charge in [0.05, 0.1) is 7.11 Å². The van der Waals surface area contributed by atoms with Crippen LogP contribution in [0.2, 0.25) is 5.02 Å². The highest BCUT2D eigenvalue weighted by atomic mass is 35.5. The Morgan fingerprint density at radius 2 is 2.12 bits per heavy atom. The molecule has 0 spiro atoms. The Morgan fingerprint density at radius 3 is 2.65 bits per heavy atom. The zero-order chi connectivity index (χ0) is 12.8. The molecule has 0 saturated carbocycles. The third-order valence-electron chi connectivity index (χ3n) is 2.81. The van der Waals surface area contributed by atoms with Crippen molar-refractivity contribution >= 4 is 11.6 Å². The van der Waals surface area contributed by atoms with Crippen molar-refractivity contribution in [3.63, 3.8) is 0 Å². The van der Waals surface area contributed by atoms with E-state index in [4.69, 9.17) is 21.4 Å². The molecule has 0 bridgehead atoms. The highest BCUT2D eigenvalue weighted by molar-refractivity contribution is 6.30. The van der Waals surface area contributed by atoms with Crippen LogP contribution in [0.3, 0.4) is 0 Å². The van der Waals surface area contributed by atoms with E-state index in [9.17, 15) is 0 Å². The Morgan fingerprint density at radius 1 is 1.41 bits per heavy atom. The van der Waals surface area contributed by atoms with Crippen molar-refractivity contribution in [1.29, 1.82) is 0 Å². The number of aliphatic hydroxyl groups is 1. The molecule has 0 amide bonds. The number of nitrogens with zero attached hydrogens (tertiary/aromatic N) is 1. The number of rotatable bonds is 6. The number of ether oxygens (including phenoxy) is 1. The van der Waals surface area contributed by atoms with Gasteiger partial charge in [0.2, 0.25) is 0 Å². The van der Waals surface area contributed by atoms with Gasteiger partial charge in [0, 0.05) is 23.2 Å². The molecule has 96 valence electrons. The average molecular weight is 258 g/mol. The Bertz CT molecular complexity index is 355. The van der Waals surface area contributed by atoms with Gasteiger partial charge in [0.1, 0.15) is 5.75 Å². The van der Waals surface area contributed by atoms with E-state index in [2.05, 4.69) is 4.90 Å². The van der Waals surface area contributed by atoms with E-state index in [-0.39, 0.29) is 12.6 Å². The summed E-state index contributed by atoms with van der Waals surface area (Å²) in [7, 11) is 5.69. The lowest BCUT2D eigenvalue weighted by atomic mass is 10.00. The molecule has 1 unspecified atom stereocenters. The first-order valence-corrected chi connectivity index (χ1v) is 6.08. The molecule has 0 radical (unpaired) electrons. The van der Waals surface area contributed by atoms with E-state index >= 15 is 0 Å². The number of halogens is 1. The Balaban J connectivity index is 3.02. The van der Waals surface area contributed by atoms with Gasteiger partial charge in [0.15, 0.2) is 0 Å². The normalized spacial score (nSPS) is 12.8. The second kappa shape index (κ2) is 6.84. The maximum Gasteiger partial charge on any atom is 0.123 e. The Kier molecular flexibility index (Phi) is 5.75. The van der Waals surface area contributed by atoms with Gasteiger partial charge < -0.3 is 14.7 Å². The third-order valence-corrected chi connectivity index (χ3v) is 3.04. The fourth-order valence-electron chi connectivity index (χ4n) is 1.94. The monoisotopic (exact) mass is 257 g/mol. The van der Waals surface area contributed by atoms with Crippen LogP contribution in [0.15, 0.2) is 18.2 Å². The fraction of sp³-hybridized carbons (Fsp3) is 0.538. The predicted molar refractivity (Wildman–Crippen MR) is 70.8 cm³/mol. The number of methoxy groups -OCH3 is 1. The molecular formula is C13H20ClNO2. The van der Waals surface area contributed by atoms with Crippen molar-refractivity contribution in [3.8, 4) is 5.75 Å². The van der Waals surface area contributed by atoms with Crippen LogP contribution < -0.4 is 4.74 Å². The summed E-state index contributed by atoms with van der Waals surface area (Å²) in [6, 6.07) is 5.84. The molecule has 0 aliphatic heterocycles. The summed E-state index contributed by atoms with van der Waals surface area (Å²) < 4.78 is 5.36. The minimum absolute atomic E-state index is 0.202. The number of benzene rings is 1. The van der Waals surface area contributed by atoms with Crippen LogP contribution in [0.4, 0.5) is 0 Å². The molecule has 0 fully saturated rings. The van der Waals surface area contributed by atoms with E-state index in [1.165, 1.54) is 0 Å². The average Bonchev–Trinajstić information content (AvgIpc) is 2.29. The summed E-state index contributed by atoms with van der Waals surface area (Å²) in [5, 5.41) is 9.65. The van der Waals surface area contributed by atoms with Crippen molar-refractivity contribution < 1.29 is 9.84 Å². The van der Waals surface area contributed by atoms with Gasteiger partial charge in [-0.3, -0.25) is 0 Å². The molecular weight excluding hydrogens is 238 g/mol. The van der Waals surface area contributed by atoms with Crippen LogP contribution in [-0.2, 0) is 0 Å². The highest BCUT2D eigenvalue weighted by Crippen LogP contribution is 2.33. The van der Waals surface area contributed by atoms with Crippen LogP contribution in [0.5, 0.6) is 5.75 Å². The maximum atomic E-state index is 8.95. The van der Waals surface area contributed by atoms with Crippen LogP contribution in [0, 0.1) is 0 Å². The molecule has 1 aromatic rings. The summed E-state index contributed by atoms with van der Waals surface area (Å²) in [5.41, 5.74) is 1.07. The van der Waals surface area contributed by atoms with E-state index in [0.29, 0.717) is 5.02 Å². The number of aliphatic hydroxyl groups excluding tert-OH is 1. The SMILES string of the molecule is COc1ccc(Cl)cc1C(CCCO)N(C)C. The van der Waals surface area contributed by atoms with E-state index < -0.39 is 0 Å². The smallest absolute Gasteiger partial charge is 0.123 e. The molecule has 4 heteroatoms. The zero-order valence-electron chi connectivity index (χ0n) is 10.6. The van der Waals surface area contributed by atoms with Crippen LogP contribution in [0.25, 0.3) is 0 Å². The maximum absolute atomic E-state index is 8.95. The van der Waals surface area contributed by atoms with Gasteiger partial charge in [-0.05, 0) is 45.1 Å². The topological polar surface area (TPSA) is 32.7 Å². The first kappa shape index (κ1) is 14.3. The Labute approximate surface area is 108 Å². The molecule has 1 atom stereocenters. The lowest BCUT2D eigenvalue weighted by Gasteiger charge is -2.26. The van der Waals surface area contributed by atoms with Gasteiger partial charge in [-0.15, -0.1) is 0 Å². The van der Waals surface area contributed by atoms with Gasteiger partial charge in [-0.1, -0.05) is 11.6 Å². The van der Waals surface area contributed by atoms with Gasteiger partial charge in [-0.25, -0.2) is 0 Å². The molecule has 0 aliphatic rings. The minimum atomic E-state index is 0.202. The Hall–Kier alpha value is -0.770. The van der Waals surface area contributed by atoms with E-state index in [1.807, 2.05) is 32.3 Å². The summed E-state index contributed by atoms with van der Waals surface area (Å²) in [4.78, 5) is 2.11. The quantitative estimate of drug-likeness (QED) is 0.851. The molecule has 1 aromatic carbocycles. The van der Waals surface area contributed by atoms with Crippen LogP contribution in [-0.4, -0.2) is 37.8 Å². The van der Waals surface area contributed by atoms with Crippen molar-refractivity contribution in [2.75, 3.05) is 27.8 Å². The fourth-order valence-corrected chi connectivity index (χ4v) is 2.12. The molecule has 0 saturated heterocycles. The highest BCUT2D eigenvalue weighted by Gasteiger charge is 2.18. The summed E-state index contributed by atoms with van der Waals surface area (Å²) >= 11 is 6.03. The van der Waals surface area contributed by atoms with Crippen molar-refractivity contribution in [2.24, 2.45) is 0 Å². The van der Waals surface area contributed by atoms with Gasteiger partial charge in [0.25, 0.3) is 0 Å². The van der Waals surface area contributed by atoms with Crippen LogP contribution >= 0.6 is 11.6 Å². The standard InChI is InChI=1S/C13H20ClNO2/c1-15(2)12(5-4-8-16)11-9-10(14)6-7-13(11)17-3/h6-7,9,12,16H,4-5,8H2,1-3H3. The number of hydrogen-bond donors (Lipinski definition) is 1. The summed E-state index contributed by atoms with van der Waals surface area (Å²) in [5.74, 6) is 0.839. The molecule has 0 heterocycles. The largest absolute Gasteiger partial charge is 0.496 e. The second-order valence-corrected chi connectivity index (χ2v) is 4.67. The molecule has 1 N–H and O–H groups in total. The van der Waals surface area contributed by atoms with Crippen molar-refractivity contribution in [1.82, 2.24) is 4.90 Å². The van der Waals surface area contributed by atoms with Crippen LogP contribution in [0.1, 0.15) is 24.4 Å². The lowest BCUT2D eigenvalue weighted by Crippen LogP contribution is -2.21. The molecule has 17 heavy (non-hydrogen) atoms. The van der Waals surface area contributed by atoms with Gasteiger partial charge >= 0.3 is 0 Å². The van der Waals surface area contributed by atoms with E-state index in [1.54, 1.807) is 7.11 Å². The molecule has 0 aliphatic carbocycles. The predicted octanol–water partition coefficient (Wildman–Crippen LogP) is 2.72. The molecule has 0 aromatic heterocycles. The lowest BCUT2D eigenvalue weighted by molar-refractivity contribution is 0.231. The zero-order valence-corrected chi connectivity index (χ0v) is 11.4. The summed E-state index contributed by atoms with van der Waals surface area (Å²) in [6.07, 6.45) is 1.64. The number of hydrogen-bond acceptors (Lipinski definition) is 3. The van der Waals surface area contributed by atoms with Crippen molar-refractivity contribution in [3.05, 3.63) is 28.8 Å². The molecule has 1 rings (SSSR count). The van der Waals surface area contributed by atoms with Gasteiger partial charge in [-0.2, -0.15) is 0 Å². The van der Waals surface area contributed by atoms with E-state index in [0.717, 1.165) is 24.2 Å².